The molecule has 5 heteroatoms. The van der Waals surface area contributed by atoms with E-state index in [1.807, 2.05) is 42.5 Å². The minimum Gasteiger partial charge on any atom is -0.383 e. The van der Waals surface area contributed by atoms with Crippen molar-refractivity contribution < 1.29 is 4.79 Å². The summed E-state index contributed by atoms with van der Waals surface area (Å²) >= 11 is 0. The van der Waals surface area contributed by atoms with E-state index in [0.29, 0.717) is 5.84 Å². The van der Waals surface area contributed by atoms with Crippen LogP contribution in [-0.2, 0) is 11.3 Å². The van der Waals surface area contributed by atoms with Gasteiger partial charge in [-0.05, 0) is 48.1 Å². The Morgan fingerprint density at radius 1 is 0.943 bits per heavy atom. The van der Waals surface area contributed by atoms with Gasteiger partial charge in [-0.2, -0.15) is 0 Å². The van der Waals surface area contributed by atoms with Crippen molar-refractivity contribution in [2.45, 2.75) is 59.2 Å². The number of nitrogens with one attached hydrogen (secondary N) is 1. The summed E-state index contributed by atoms with van der Waals surface area (Å²) in [4.78, 5) is 19.6. The number of amidine groups is 1. The second kappa shape index (κ2) is 13.1. The number of carbonyl (C=O) groups excluding carboxylic acids is 1. The highest BCUT2D eigenvalue weighted by atomic mass is 16.2. The minimum absolute atomic E-state index is 0.0646. The quantitative estimate of drug-likeness (QED) is 0.374. The number of hydrogen-bond donors (Lipinski definition) is 2. The SMILES string of the molecule is CC(C)C.CC(N=C(N)c1ccc2ccccc2c1)C(=O)NC1CCN(Cc2ccccc2)CC1. The highest BCUT2D eigenvalue weighted by Crippen LogP contribution is 2.16. The van der Waals surface area contributed by atoms with E-state index in [2.05, 4.69) is 66.3 Å². The van der Waals surface area contributed by atoms with Crippen molar-refractivity contribution in [1.29, 1.82) is 0 Å². The molecule has 0 aliphatic carbocycles. The fourth-order valence-corrected chi connectivity index (χ4v) is 4.09. The van der Waals surface area contributed by atoms with Gasteiger partial charge in [0, 0.05) is 31.2 Å². The van der Waals surface area contributed by atoms with Crippen LogP contribution in [0.15, 0.2) is 77.8 Å². The maximum absolute atomic E-state index is 12.7. The highest BCUT2D eigenvalue weighted by molar-refractivity contribution is 6.02. The second-order valence-electron chi connectivity index (χ2n) is 10.0. The fraction of sp³-hybridized carbons (Fsp3) is 0.400. The second-order valence-corrected chi connectivity index (χ2v) is 10.0. The average Bonchev–Trinajstić information content (AvgIpc) is 2.85. The van der Waals surface area contributed by atoms with E-state index < -0.39 is 6.04 Å². The summed E-state index contributed by atoms with van der Waals surface area (Å²) in [5.41, 5.74) is 8.38. The first-order valence-corrected chi connectivity index (χ1v) is 12.7. The molecular formula is C30H40N4O. The van der Waals surface area contributed by atoms with E-state index in [1.54, 1.807) is 6.92 Å². The Hall–Kier alpha value is -3.18. The fourth-order valence-electron chi connectivity index (χ4n) is 4.09. The van der Waals surface area contributed by atoms with Gasteiger partial charge < -0.3 is 11.1 Å². The Balaban J connectivity index is 0.000000795. The predicted octanol–water partition coefficient (Wildman–Crippen LogP) is 5.38. The molecule has 186 valence electrons. The first-order chi connectivity index (χ1) is 16.8. The first kappa shape index (κ1) is 26.4. The summed E-state index contributed by atoms with van der Waals surface area (Å²) in [6, 6.07) is 24.3. The van der Waals surface area contributed by atoms with Crippen molar-refractivity contribution in [3.8, 4) is 0 Å². The van der Waals surface area contributed by atoms with Crippen LogP contribution in [0.3, 0.4) is 0 Å². The smallest absolute Gasteiger partial charge is 0.244 e. The summed E-state index contributed by atoms with van der Waals surface area (Å²) in [5, 5.41) is 5.43. The van der Waals surface area contributed by atoms with Crippen LogP contribution in [0.1, 0.15) is 51.7 Å². The Morgan fingerprint density at radius 2 is 1.54 bits per heavy atom. The zero-order valence-corrected chi connectivity index (χ0v) is 21.6. The van der Waals surface area contributed by atoms with E-state index >= 15 is 0 Å². The van der Waals surface area contributed by atoms with Crippen LogP contribution in [0.4, 0.5) is 0 Å². The molecule has 1 aliphatic rings. The monoisotopic (exact) mass is 472 g/mol. The van der Waals surface area contributed by atoms with Crippen molar-refractivity contribution in [3.63, 3.8) is 0 Å². The molecule has 3 N–H and O–H groups in total. The number of fused-ring (bicyclic) bond motifs is 1. The van der Waals surface area contributed by atoms with E-state index in [1.165, 1.54) is 5.56 Å². The Labute approximate surface area is 210 Å². The van der Waals surface area contributed by atoms with Crippen LogP contribution < -0.4 is 11.1 Å². The van der Waals surface area contributed by atoms with E-state index in [4.69, 9.17) is 5.73 Å². The molecule has 35 heavy (non-hydrogen) atoms. The van der Waals surface area contributed by atoms with Gasteiger partial charge in [0.25, 0.3) is 0 Å². The third-order valence-electron chi connectivity index (χ3n) is 5.94. The molecular weight excluding hydrogens is 432 g/mol. The van der Waals surface area contributed by atoms with Gasteiger partial charge in [-0.15, -0.1) is 0 Å². The Morgan fingerprint density at radius 3 is 2.20 bits per heavy atom. The lowest BCUT2D eigenvalue weighted by molar-refractivity contribution is -0.122. The summed E-state index contributed by atoms with van der Waals surface area (Å²) in [7, 11) is 0. The minimum atomic E-state index is -0.520. The van der Waals surface area contributed by atoms with Gasteiger partial charge >= 0.3 is 0 Å². The number of carbonyl (C=O) groups is 1. The Bertz CT molecular complexity index is 1100. The maximum atomic E-state index is 12.7. The molecule has 1 unspecified atom stereocenters. The Kier molecular flexibility index (Phi) is 9.86. The molecule has 1 amide bonds. The van der Waals surface area contributed by atoms with Crippen molar-refractivity contribution in [2.75, 3.05) is 13.1 Å². The summed E-state index contributed by atoms with van der Waals surface area (Å²) < 4.78 is 0. The molecule has 0 radical (unpaired) electrons. The molecule has 0 saturated carbocycles. The molecule has 5 nitrogen and oxygen atoms in total. The van der Waals surface area contributed by atoms with Crippen LogP contribution in [0.5, 0.6) is 0 Å². The summed E-state index contributed by atoms with van der Waals surface area (Å²) in [6.07, 6.45) is 1.91. The number of likely N-dealkylation sites (tertiary alicyclic amines) is 1. The van der Waals surface area contributed by atoms with Gasteiger partial charge in [-0.1, -0.05) is 87.5 Å². The largest absolute Gasteiger partial charge is 0.383 e. The average molecular weight is 473 g/mol. The number of piperidine rings is 1. The molecule has 0 aromatic heterocycles. The van der Waals surface area contributed by atoms with Crippen LogP contribution >= 0.6 is 0 Å². The number of nitrogens with zero attached hydrogens (tertiary/aromatic N) is 2. The molecule has 4 rings (SSSR count). The number of aliphatic imine (C=N–C) groups is 1. The van der Waals surface area contributed by atoms with E-state index in [0.717, 1.165) is 54.7 Å². The maximum Gasteiger partial charge on any atom is 0.244 e. The zero-order valence-electron chi connectivity index (χ0n) is 21.6. The van der Waals surface area contributed by atoms with Gasteiger partial charge in [0.2, 0.25) is 5.91 Å². The molecule has 0 bridgehead atoms. The molecule has 3 aromatic rings. The molecule has 1 aliphatic heterocycles. The number of benzene rings is 3. The molecule has 1 fully saturated rings. The third kappa shape index (κ3) is 8.52. The number of hydrogen-bond acceptors (Lipinski definition) is 3. The number of rotatable bonds is 6. The molecule has 1 atom stereocenters. The first-order valence-electron chi connectivity index (χ1n) is 12.7. The van der Waals surface area contributed by atoms with Crippen LogP contribution in [-0.4, -0.2) is 41.8 Å². The van der Waals surface area contributed by atoms with Gasteiger partial charge in [0.15, 0.2) is 0 Å². The third-order valence-corrected chi connectivity index (χ3v) is 5.94. The molecule has 1 heterocycles. The molecule has 1 saturated heterocycles. The van der Waals surface area contributed by atoms with Gasteiger partial charge in [0.05, 0.1) is 0 Å². The topological polar surface area (TPSA) is 70.7 Å². The lowest BCUT2D eigenvalue weighted by atomic mass is 10.0. The van der Waals surface area contributed by atoms with Crippen LogP contribution in [0, 0.1) is 5.92 Å². The standard InChI is InChI=1S/C26H30N4O.C4H10/c1-19(28-25(27)23-12-11-21-9-5-6-10-22(21)17-23)26(31)29-24-13-15-30(16-14-24)18-20-7-3-2-4-8-20;1-4(2)3/h2-12,17,19,24H,13-16,18H2,1H3,(H2,27,28)(H,29,31);4H,1-3H3. The van der Waals surface area contributed by atoms with E-state index in [9.17, 15) is 4.79 Å². The van der Waals surface area contributed by atoms with Crippen LogP contribution in [0.25, 0.3) is 10.8 Å². The lowest BCUT2D eigenvalue weighted by Gasteiger charge is -2.32. The van der Waals surface area contributed by atoms with Crippen molar-refractivity contribution >= 4 is 22.5 Å². The lowest BCUT2D eigenvalue weighted by Crippen LogP contribution is -2.46. The van der Waals surface area contributed by atoms with Gasteiger partial charge in [-0.3, -0.25) is 14.7 Å². The van der Waals surface area contributed by atoms with Crippen LogP contribution in [0.2, 0.25) is 0 Å². The van der Waals surface area contributed by atoms with Crippen molar-refractivity contribution in [1.82, 2.24) is 10.2 Å². The molecule has 0 spiro atoms. The van der Waals surface area contributed by atoms with Gasteiger partial charge in [0.1, 0.15) is 11.9 Å². The van der Waals surface area contributed by atoms with Crippen molar-refractivity contribution in [3.05, 3.63) is 83.9 Å². The number of nitrogens with two attached hydrogens (primary N) is 1. The molecule has 3 aromatic carbocycles. The van der Waals surface area contributed by atoms with Crippen molar-refractivity contribution in [2.24, 2.45) is 16.6 Å². The number of amides is 1. The van der Waals surface area contributed by atoms with E-state index in [-0.39, 0.29) is 11.9 Å². The summed E-state index contributed by atoms with van der Waals surface area (Å²) in [6.45, 7) is 11.2. The normalized spacial score (nSPS) is 16.0. The highest BCUT2D eigenvalue weighted by Gasteiger charge is 2.23. The summed E-state index contributed by atoms with van der Waals surface area (Å²) in [5.74, 6) is 1.16. The zero-order chi connectivity index (χ0) is 25.2. The predicted molar refractivity (Wildman–Crippen MR) is 148 cm³/mol. The van der Waals surface area contributed by atoms with Gasteiger partial charge in [-0.25, -0.2) is 0 Å².